The molecular weight excluding hydrogens is 384 g/mol. The maximum atomic E-state index is 12.3. The van der Waals surface area contributed by atoms with Gasteiger partial charge in [-0.3, -0.25) is 4.79 Å². The number of hydrogen-bond acceptors (Lipinski definition) is 6. The number of primary amides is 1. The van der Waals surface area contributed by atoms with Crippen molar-refractivity contribution in [1.82, 2.24) is 10.3 Å². The van der Waals surface area contributed by atoms with Crippen LogP contribution < -0.4 is 16.0 Å². The molecule has 2 amide bonds. The number of hydrogen-bond donors (Lipinski definition) is 2. The van der Waals surface area contributed by atoms with E-state index in [1.807, 2.05) is 24.3 Å². The van der Waals surface area contributed by atoms with Gasteiger partial charge in [-0.2, -0.15) is 0 Å². The van der Waals surface area contributed by atoms with Crippen LogP contribution in [0.4, 0.5) is 16.3 Å². The van der Waals surface area contributed by atoms with E-state index in [0.717, 1.165) is 34.9 Å². The van der Waals surface area contributed by atoms with Crippen molar-refractivity contribution in [3.8, 4) is 0 Å². The number of anilines is 2. The molecule has 152 valence electrons. The fraction of sp³-hybridized carbons (Fsp3) is 0.182. The van der Waals surface area contributed by atoms with Gasteiger partial charge in [0.05, 0.1) is 5.56 Å². The molecule has 0 unspecified atom stereocenters. The number of rotatable bonds is 3. The van der Waals surface area contributed by atoms with Crippen molar-refractivity contribution in [2.45, 2.75) is 12.8 Å². The summed E-state index contributed by atoms with van der Waals surface area (Å²) in [5.41, 5.74) is 7.35. The van der Waals surface area contributed by atoms with E-state index in [4.69, 9.17) is 5.73 Å². The minimum Gasteiger partial charge on any atom is -0.373 e. The lowest BCUT2D eigenvalue weighted by molar-refractivity contribution is 0.0638. The van der Waals surface area contributed by atoms with Crippen molar-refractivity contribution in [2.75, 3.05) is 18.5 Å². The third-order valence-electron chi connectivity index (χ3n) is 5.06. The number of pyridine rings is 1. The number of aryl methyl sites for hydroxylation is 1. The number of carbonyl (C=O) groups is 3. The highest BCUT2D eigenvalue weighted by Gasteiger charge is 2.24. The molecule has 0 saturated heterocycles. The predicted octanol–water partition coefficient (Wildman–Crippen LogP) is 2.91. The van der Waals surface area contributed by atoms with Crippen molar-refractivity contribution < 1.29 is 19.1 Å². The number of nitrogens with zero attached hydrogens (tertiary/aromatic N) is 2. The van der Waals surface area contributed by atoms with Gasteiger partial charge in [-0.05, 0) is 48.1 Å². The van der Waals surface area contributed by atoms with Crippen LogP contribution in [0.5, 0.6) is 0 Å². The molecule has 0 atom stereocenters. The van der Waals surface area contributed by atoms with Crippen molar-refractivity contribution in [3.63, 3.8) is 0 Å². The van der Waals surface area contributed by atoms with Crippen LogP contribution in [0.2, 0.25) is 0 Å². The van der Waals surface area contributed by atoms with E-state index in [1.54, 1.807) is 31.3 Å². The molecule has 2 heterocycles. The van der Waals surface area contributed by atoms with Crippen molar-refractivity contribution in [3.05, 3.63) is 65.4 Å². The molecule has 3 aromatic rings. The lowest BCUT2D eigenvalue weighted by Gasteiger charge is -2.31. The molecule has 1 aromatic heterocycles. The van der Waals surface area contributed by atoms with Crippen LogP contribution in [0.25, 0.3) is 10.8 Å². The van der Waals surface area contributed by atoms with Crippen LogP contribution in [0.15, 0.2) is 48.5 Å². The maximum absolute atomic E-state index is 12.3. The van der Waals surface area contributed by atoms with Gasteiger partial charge in [0.25, 0.3) is 5.91 Å². The molecule has 8 heteroatoms. The minimum absolute atomic E-state index is 0.256. The summed E-state index contributed by atoms with van der Waals surface area (Å²) in [6, 6.07) is 14.6. The van der Waals surface area contributed by atoms with Crippen LogP contribution in [0.3, 0.4) is 0 Å². The van der Waals surface area contributed by atoms with E-state index in [0.29, 0.717) is 18.1 Å². The molecule has 0 spiro atoms. The highest BCUT2D eigenvalue weighted by atomic mass is 16.6. The largest absolute Gasteiger partial charge is 0.412 e. The lowest BCUT2D eigenvalue weighted by Crippen LogP contribution is -2.27. The number of benzene rings is 2. The van der Waals surface area contributed by atoms with E-state index in [2.05, 4.69) is 19.9 Å². The zero-order chi connectivity index (χ0) is 21.3. The van der Waals surface area contributed by atoms with Gasteiger partial charge >= 0.3 is 12.1 Å². The van der Waals surface area contributed by atoms with Gasteiger partial charge in [0.1, 0.15) is 11.5 Å². The molecule has 4 rings (SSSR count). The topological polar surface area (TPSA) is 115 Å². The van der Waals surface area contributed by atoms with E-state index in [-0.39, 0.29) is 11.5 Å². The highest BCUT2D eigenvalue weighted by molar-refractivity contribution is 6.02. The molecule has 8 nitrogen and oxygen atoms in total. The molecule has 0 radical (unpaired) electrons. The summed E-state index contributed by atoms with van der Waals surface area (Å²) < 4.78 is 4.48. The number of nitrogens with two attached hydrogens (primary N) is 1. The minimum atomic E-state index is -1.14. The Balaban J connectivity index is 1.81. The number of amides is 2. The SMILES string of the molecule is CNC(=O)c1cc2ccccc2c(N2CCCc3cc(C(=O)OC(N)=O)ccc32)n1. The Hall–Kier alpha value is -3.94. The summed E-state index contributed by atoms with van der Waals surface area (Å²) in [5.74, 6) is -0.364. The predicted molar refractivity (Wildman–Crippen MR) is 112 cm³/mol. The number of ether oxygens (including phenoxy) is 1. The smallest absolute Gasteiger partial charge is 0.373 e. The molecule has 2 aromatic carbocycles. The van der Waals surface area contributed by atoms with Crippen LogP contribution in [0.1, 0.15) is 32.8 Å². The lowest BCUT2D eigenvalue weighted by atomic mass is 9.98. The van der Waals surface area contributed by atoms with Gasteiger partial charge in [0.2, 0.25) is 0 Å². The Morgan fingerprint density at radius 2 is 1.93 bits per heavy atom. The quantitative estimate of drug-likeness (QED) is 0.512. The monoisotopic (exact) mass is 404 g/mol. The Morgan fingerprint density at radius 1 is 1.13 bits per heavy atom. The molecule has 3 N–H and O–H groups in total. The van der Waals surface area contributed by atoms with Gasteiger partial charge in [-0.15, -0.1) is 0 Å². The number of esters is 1. The highest BCUT2D eigenvalue weighted by Crippen LogP contribution is 2.37. The number of nitrogens with one attached hydrogen (secondary N) is 1. The second-order valence-corrected chi connectivity index (χ2v) is 6.94. The molecule has 0 bridgehead atoms. The zero-order valence-electron chi connectivity index (χ0n) is 16.3. The van der Waals surface area contributed by atoms with Gasteiger partial charge in [0, 0.05) is 24.7 Å². The van der Waals surface area contributed by atoms with Crippen LogP contribution >= 0.6 is 0 Å². The summed E-state index contributed by atoms with van der Waals surface area (Å²) in [7, 11) is 1.57. The summed E-state index contributed by atoms with van der Waals surface area (Å²) in [6.07, 6.45) is 0.457. The fourth-order valence-corrected chi connectivity index (χ4v) is 3.72. The van der Waals surface area contributed by atoms with Gasteiger partial charge < -0.3 is 20.7 Å². The Kier molecular flexibility index (Phi) is 5.05. The first-order valence-corrected chi connectivity index (χ1v) is 9.52. The van der Waals surface area contributed by atoms with Crippen LogP contribution in [-0.2, 0) is 11.2 Å². The van der Waals surface area contributed by atoms with Crippen molar-refractivity contribution >= 4 is 40.2 Å². The molecule has 0 fully saturated rings. The Bertz CT molecular complexity index is 1180. The molecular formula is C22H20N4O4. The second-order valence-electron chi connectivity index (χ2n) is 6.94. The van der Waals surface area contributed by atoms with Crippen LogP contribution in [0, 0.1) is 0 Å². The third-order valence-corrected chi connectivity index (χ3v) is 5.06. The first-order valence-electron chi connectivity index (χ1n) is 9.52. The Labute approximate surface area is 172 Å². The van der Waals surface area contributed by atoms with Gasteiger partial charge in [-0.1, -0.05) is 24.3 Å². The van der Waals surface area contributed by atoms with Crippen molar-refractivity contribution in [1.29, 1.82) is 0 Å². The normalized spacial score (nSPS) is 12.9. The second kappa shape index (κ2) is 7.82. The first-order chi connectivity index (χ1) is 14.5. The molecule has 30 heavy (non-hydrogen) atoms. The average molecular weight is 404 g/mol. The zero-order valence-corrected chi connectivity index (χ0v) is 16.3. The summed E-state index contributed by atoms with van der Waals surface area (Å²) in [5, 5.41) is 4.46. The third kappa shape index (κ3) is 3.55. The van der Waals surface area contributed by atoms with E-state index in [9.17, 15) is 14.4 Å². The first kappa shape index (κ1) is 19.4. The molecule has 1 aliphatic heterocycles. The standard InChI is InChI=1S/C22H20N4O4/c1-24-20(27)17-12-13-5-2-3-7-16(13)19(25-17)26-10-4-6-14-11-15(8-9-18(14)26)21(28)30-22(23)29/h2-3,5,7-9,11-12H,4,6,10H2,1H3,(H2,23,29)(H,24,27). The number of aromatic nitrogens is 1. The van der Waals surface area contributed by atoms with Gasteiger partial charge in [-0.25, -0.2) is 14.6 Å². The number of fused-ring (bicyclic) bond motifs is 2. The summed E-state index contributed by atoms with van der Waals surface area (Å²) in [6.45, 7) is 0.715. The van der Waals surface area contributed by atoms with E-state index >= 15 is 0 Å². The van der Waals surface area contributed by atoms with E-state index in [1.165, 1.54) is 0 Å². The summed E-state index contributed by atoms with van der Waals surface area (Å²) in [4.78, 5) is 41.9. The fourth-order valence-electron chi connectivity index (χ4n) is 3.72. The van der Waals surface area contributed by atoms with Gasteiger partial charge in [0.15, 0.2) is 0 Å². The average Bonchev–Trinajstić information content (AvgIpc) is 2.76. The maximum Gasteiger partial charge on any atom is 0.412 e. The molecule has 0 saturated carbocycles. The van der Waals surface area contributed by atoms with E-state index < -0.39 is 12.1 Å². The van der Waals surface area contributed by atoms with Crippen LogP contribution in [-0.4, -0.2) is 36.5 Å². The molecule has 1 aliphatic rings. The summed E-state index contributed by atoms with van der Waals surface area (Å²) >= 11 is 0. The Morgan fingerprint density at radius 3 is 2.70 bits per heavy atom. The molecule has 0 aliphatic carbocycles. The van der Waals surface area contributed by atoms with Crippen molar-refractivity contribution in [2.24, 2.45) is 5.73 Å². The number of carbonyl (C=O) groups excluding carboxylic acids is 3.